The highest BCUT2D eigenvalue weighted by Gasteiger charge is 2.06. The van der Waals surface area contributed by atoms with Crippen molar-refractivity contribution in [3.63, 3.8) is 0 Å². The Hall–Kier alpha value is -0.930. The van der Waals surface area contributed by atoms with Gasteiger partial charge in [-0.05, 0) is 19.1 Å². The number of rotatable bonds is 2. The van der Waals surface area contributed by atoms with Gasteiger partial charge in [-0.1, -0.05) is 0 Å². The van der Waals surface area contributed by atoms with E-state index in [1.54, 1.807) is 22.7 Å². The maximum Gasteiger partial charge on any atom is 0.151 e. The van der Waals surface area contributed by atoms with Gasteiger partial charge in [0.1, 0.15) is 0 Å². The molecule has 0 bridgehead atoms. The minimum Gasteiger partial charge on any atom is -0.298 e. The fourth-order valence-corrected chi connectivity index (χ4v) is 2.95. The Morgan fingerprint density at radius 1 is 1.31 bits per heavy atom. The molecule has 2 aromatic heterocycles. The molecule has 2 rings (SSSR count). The van der Waals surface area contributed by atoms with Crippen molar-refractivity contribution in [1.82, 2.24) is 0 Å². The molecule has 0 unspecified atom stereocenters. The Bertz CT molecular complexity index is 426. The van der Waals surface area contributed by atoms with E-state index in [-0.39, 0.29) is 0 Å². The van der Waals surface area contributed by atoms with Gasteiger partial charge in [-0.2, -0.15) is 11.3 Å². The minimum atomic E-state index is 0.798. The van der Waals surface area contributed by atoms with Crippen molar-refractivity contribution < 1.29 is 4.79 Å². The third-order valence-corrected chi connectivity index (χ3v) is 3.62. The number of aldehydes is 1. The van der Waals surface area contributed by atoms with Crippen LogP contribution in [0.3, 0.4) is 0 Å². The molecule has 0 saturated heterocycles. The summed E-state index contributed by atoms with van der Waals surface area (Å²) in [7, 11) is 0. The molecular weight excluding hydrogens is 200 g/mol. The summed E-state index contributed by atoms with van der Waals surface area (Å²) < 4.78 is 0. The van der Waals surface area contributed by atoms with Gasteiger partial charge in [-0.3, -0.25) is 4.79 Å². The number of thiophene rings is 2. The Labute approximate surface area is 84.7 Å². The highest BCUT2D eigenvalue weighted by molar-refractivity contribution is 7.16. The second-order valence-electron chi connectivity index (χ2n) is 2.77. The van der Waals surface area contributed by atoms with E-state index in [1.807, 2.05) is 10.8 Å². The quantitative estimate of drug-likeness (QED) is 0.689. The lowest BCUT2D eigenvalue weighted by Gasteiger charge is -1.91. The van der Waals surface area contributed by atoms with Crippen LogP contribution in [0, 0.1) is 6.92 Å². The Kier molecular flexibility index (Phi) is 2.29. The molecule has 3 heteroatoms. The van der Waals surface area contributed by atoms with Crippen molar-refractivity contribution in [2.75, 3.05) is 0 Å². The molecule has 0 atom stereocenters. The van der Waals surface area contributed by atoms with Gasteiger partial charge in [0, 0.05) is 31.6 Å². The van der Waals surface area contributed by atoms with Gasteiger partial charge < -0.3 is 0 Å². The number of hydrogen-bond donors (Lipinski definition) is 0. The molecular formula is C10H8OS2. The maximum absolute atomic E-state index is 10.7. The number of carbonyl (C=O) groups is 1. The lowest BCUT2D eigenvalue weighted by Crippen LogP contribution is -1.76. The van der Waals surface area contributed by atoms with E-state index >= 15 is 0 Å². The lowest BCUT2D eigenvalue weighted by atomic mass is 10.2. The topological polar surface area (TPSA) is 17.1 Å². The van der Waals surface area contributed by atoms with E-state index in [0.717, 1.165) is 17.4 Å². The standard InChI is InChI=1S/C10H8OS2/c1-7-2-3-10(13-7)9-6-12-5-8(9)4-11/h2-6H,1H3. The smallest absolute Gasteiger partial charge is 0.151 e. The molecule has 0 aliphatic rings. The van der Waals surface area contributed by atoms with Crippen molar-refractivity contribution in [2.45, 2.75) is 6.92 Å². The van der Waals surface area contributed by atoms with Gasteiger partial charge in [0.05, 0.1) is 0 Å². The largest absolute Gasteiger partial charge is 0.298 e. The SMILES string of the molecule is Cc1ccc(-c2cscc2C=O)s1. The van der Waals surface area contributed by atoms with Crippen LogP contribution in [0.25, 0.3) is 10.4 Å². The van der Waals surface area contributed by atoms with Crippen molar-refractivity contribution >= 4 is 29.0 Å². The predicted octanol–water partition coefficient (Wildman–Crippen LogP) is 3.60. The summed E-state index contributed by atoms with van der Waals surface area (Å²) >= 11 is 3.29. The first-order valence-corrected chi connectivity index (χ1v) is 5.65. The van der Waals surface area contributed by atoms with Crippen LogP contribution in [-0.2, 0) is 0 Å². The molecule has 2 aromatic rings. The number of carbonyl (C=O) groups excluding carboxylic acids is 1. The molecule has 0 amide bonds. The molecule has 0 radical (unpaired) electrons. The summed E-state index contributed by atoms with van der Waals surface area (Å²) in [5.41, 5.74) is 1.87. The van der Waals surface area contributed by atoms with Crippen molar-refractivity contribution in [3.05, 3.63) is 33.3 Å². The summed E-state index contributed by atoms with van der Waals surface area (Å²) in [6, 6.07) is 4.14. The molecule has 0 aliphatic heterocycles. The van der Waals surface area contributed by atoms with Gasteiger partial charge in [0.15, 0.2) is 6.29 Å². The molecule has 66 valence electrons. The second-order valence-corrected chi connectivity index (χ2v) is 4.80. The molecule has 0 N–H and O–H groups in total. The Morgan fingerprint density at radius 3 is 2.77 bits per heavy atom. The molecule has 0 spiro atoms. The Balaban J connectivity index is 2.51. The van der Waals surface area contributed by atoms with E-state index in [2.05, 4.69) is 19.1 Å². The maximum atomic E-state index is 10.7. The predicted molar refractivity (Wildman–Crippen MR) is 57.8 cm³/mol. The summed E-state index contributed by atoms with van der Waals surface area (Å²) in [5, 5.41) is 3.91. The lowest BCUT2D eigenvalue weighted by molar-refractivity contribution is 0.112. The average Bonchev–Trinajstić information content (AvgIpc) is 2.71. The molecule has 2 heterocycles. The average molecular weight is 208 g/mol. The highest BCUT2D eigenvalue weighted by atomic mass is 32.1. The van der Waals surface area contributed by atoms with E-state index < -0.39 is 0 Å². The normalized spacial score (nSPS) is 10.2. The zero-order valence-electron chi connectivity index (χ0n) is 7.11. The minimum absolute atomic E-state index is 0.798. The first-order valence-electron chi connectivity index (χ1n) is 3.89. The van der Waals surface area contributed by atoms with Crippen LogP contribution >= 0.6 is 22.7 Å². The molecule has 0 aliphatic carbocycles. The summed E-state index contributed by atoms with van der Waals surface area (Å²) in [4.78, 5) is 13.1. The van der Waals surface area contributed by atoms with Crippen molar-refractivity contribution in [3.8, 4) is 10.4 Å². The van der Waals surface area contributed by atoms with Gasteiger partial charge in [0.25, 0.3) is 0 Å². The van der Waals surface area contributed by atoms with E-state index in [1.165, 1.54) is 9.75 Å². The molecule has 0 fully saturated rings. The second kappa shape index (κ2) is 3.44. The van der Waals surface area contributed by atoms with Crippen LogP contribution in [0.1, 0.15) is 15.2 Å². The molecule has 1 nitrogen and oxygen atoms in total. The third-order valence-electron chi connectivity index (χ3n) is 1.82. The fourth-order valence-electron chi connectivity index (χ4n) is 1.18. The summed E-state index contributed by atoms with van der Waals surface area (Å²) in [6.07, 6.45) is 0.918. The summed E-state index contributed by atoms with van der Waals surface area (Å²) in [5.74, 6) is 0. The van der Waals surface area contributed by atoms with Crippen LogP contribution in [0.4, 0.5) is 0 Å². The van der Waals surface area contributed by atoms with Crippen LogP contribution < -0.4 is 0 Å². The molecule has 13 heavy (non-hydrogen) atoms. The van der Waals surface area contributed by atoms with Gasteiger partial charge >= 0.3 is 0 Å². The molecule has 0 saturated carbocycles. The van der Waals surface area contributed by atoms with Crippen molar-refractivity contribution in [1.29, 1.82) is 0 Å². The van der Waals surface area contributed by atoms with E-state index in [4.69, 9.17) is 0 Å². The third kappa shape index (κ3) is 1.57. The summed E-state index contributed by atoms with van der Waals surface area (Å²) in [6.45, 7) is 2.07. The van der Waals surface area contributed by atoms with Gasteiger partial charge in [0.2, 0.25) is 0 Å². The van der Waals surface area contributed by atoms with Crippen LogP contribution in [0.2, 0.25) is 0 Å². The van der Waals surface area contributed by atoms with Crippen LogP contribution in [-0.4, -0.2) is 6.29 Å². The first kappa shape index (κ1) is 8.66. The van der Waals surface area contributed by atoms with Gasteiger partial charge in [-0.25, -0.2) is 0 Å². The van der Waals surface area contributed by atoms with E-state index in [0.29, 0.717) is 0 Å². The number of hydrogen-bond acceptors (Lipinski definition) is 3. The van der Waals surface area contributed by atoms with E-state index in [9.17, 15) is 4.79 Å². The van der Waals surface area contributed by atoms with Crippen LogP contribution in [0.15, 0.2) is 22.9 Å². The molecule has 0 aromatic carbocycles. The Morgan fingerprint density at radius 2 is 2.15 bits per heavy atom. The monoisotopic (exact) mass is 208 g/mol. The zero-order valence-corrected chi connectivity index (χ0v) is 8.74. The van der Waals surface area contributed by atoms with Crippen LogP contribution in [0.5, 0.6) is 0 Å². The first-order chi connectivity index (χ1) is 6.31. The van der Waals surface area contributed by atoms with Gasteiger partial charge in [-0.15, -0.1) is 11.3 Å². The number of aryl methyl sites for hydroxylation is 1. The zero-order chi connectivity index (χ0) is 9.26. The fraction of sp³-hybridized carbons (Fsp3) is 0.100. The van der Waals surface area contributed by atoms with Crippen molar-refractivity contribution in [2.24, 2.45) is 0 Å². The highest BCUT2D eigenvalue weighted by Crippen LogP contribution is 2.31.